The first-order valence-corrected chi connectivity index (χ1v) is 30.9. The minimum Gasteiger partial charge on any atom is -0.466 e. The lowest BCUT2D eigenvalue weighted by Gasteiger charge is -2.22. The van der Waals surface area contributed by atoms with E-state index in [1.165, 1.54) is 270 Å². The predicted molar refractivity (Wildman–Crippen MR) is 297 cm³/mol. The minimum absolute atomic E-state index is 0.00372. The number of amides is 1. The number of aliphatic hydroxyl groups excluding tert-OH is 2. The Morgan fingerprint density at radius 2 is 0.691 bits per heavy atom. The van der Waals surface area contributed by atoms with Crippen molar-refractivity contribution in [2.45, 2.75) is 360 Å². The van der Waals surface area contributed by atoms with Crippen LogP contribution < -0.4 is 5.32 Å². The number of carbonyl (C=O) groups excluding carboxylic acids is 2. The van der Waals surface area contributed by atoms with Crippen LogP contribution in [0.4, 0.5) is 0 Å². The van der Waals surface area contributed by atoms with Gasteiger partial charge in [-0.25, -0.2) is 0 Å². The number of esters is 1. The second kappa shape index (κ2) is 58.2. The van der Waals surface area contributed by atoms with Gasteiger partial charge in [0.25, 0.3) is 0 Å². The first kappa shape index (κ1) is 66.6. The fourth-order valence-electron chi connectivity index (χ4n) is 9.81. The second-order valence-electron chi connectivity index (χ2n) is 21.4. The van der Waals surface area contributed by atoms with Crippen LogP contribution in [0.15, 0.2) is 12.2 Å². The Morgan fingerprint density at radius 3 is 1.04 bits per heavy atom. The molecule has 0 heterocycles. The summed E-state index contributed by atoms with van der Waals surface area (Å²) in [7, 11) is 0. The highest BCUT2D eigenvalue weighted by Crippen LogP contribution is 2.18. The summed E-state index contributed by atoms with van der Waals surface area (Å²) in [5.74, 6) is -0.0352. The van der Waals surface area contributed by atoms with Crippen molar-refractivity contribution < 1.29 is 24.5 Å². The number of nitrogens with one attached hydrogen (secondary N) is 1. The van der Waals surface area contributed by atoms with Gasteiger partial charge in [-0.1, -0.05) is 296 Å². The van der Waals surface area contributed by atoms with Gasteiger partial charge in [0, 0.05) is 12.8 Å². The van der Waals surface area contributed by atoms with Crippen molar-refractivity contribution in [1.82, 2.24) is 5.32 Å². The maximum absolute atomic E-state index is 12.5. The SMILES string of the molecule is CCCCCCCC/C=C\CCCCCCCCCCCC(=O)OCCCCCCCCCCCCCCCCCCC(=O)NC(CO)C(O)CCCCCCCCCCCCCCCCCC. The van der Waals surface area contributed by atoms with Gasteiger partial charge in [0.1, 0.15) is 0 Å². The molecule has 3 N–H and O–H groups in total. The molecule has 404 valence electrons. The molecule has 0 fully saturated rings. The van der Waals surface area contributed by atoms with Gasteiger partial charge < -0.3 is 20.3 Å². The summed E-state index contributed by atoms with van der Waals surface area (Å²) in [4.78, 5) is 24.6. The van der Waals surface area contributed by atoms with Crippen molar-refractivity contribution in [2.75, 3.05) is 13.2 Å². The zero-order valence-electron chi connectivity index (χ0n) is 46.1. The van der Waals surface area contributed by atoms with Crippen LogP contribution in [-0.2, 0) is 14.3 Å². The molecule has 68 heavy (non-hydrogen) atoms. The topological polar surface area (TPSA) is 95.9 Å². The third-order valence-electron chi connectivity index (χ3n) is 14.6. The molecule has 0 saturated carbocycles. The third-order valence-corrected chi connectivity index (χ3v) is 14.6. The molecule has 0 aliphatic heterocycles. The number of allylic oxidation sites excluding steroid dienone is 2. The molecular weight excluding hydrogens is 839 g/mol. The summed E-state index contributed by atoms with van der Waals surface area (Å²) in [5.41, 5.74) is 0. The number of hydrogen-bond donors (Lipinski definition) is 3. The number of ether oxygens (including phenoxy) is 1. The number of unbranched alkanes of at least 4 members (excludes halogenated alkanes) is 45. The van der Waals surface area contributed by atoms with E-state index in [9.17, 15) is 19.8 Å². The smallest absolute Gasteiger partial charge is 0.305 e. The summed E-state index contributed by atoms with van der Waals surface area (Å²) < 4.78 is 5.50. The summed E-state index contributed by atoms with van der Waals surface area (Å²) in [6.45, 7) is 4.96. The van der Waals surface area contributed by atoms with Crippen LogP contribution in [0.2, 0.25) is 0 Å². The van der Waals surface area contributed by atoms with E-state index >= 15 is 0 Å². The monoisotopic (exact) mass is 960 g/mol. The molecule has 0 saturated heterocycles. The second-order valence-corrected chi connectivity index (χ2v) is 21.4. The van der Waals surface area contributed by atoms with Crippen molar-refractivity contribution in [3.63, 3.8) is 0 Å². The number of carbonyl (C=O) groups is 2. The highest BCUT2D eigenvalue weighted by Gasteiger charge is 2.20. The fraction of sp³-hybridized carbons (Fsp3) is 0.935. The van der Waals surface area contributed by atoms with E-state index < -0.39 is 12.1 Å². The molecule has 0 spiro atoms. The maximum Gasteiger partial charge on any atom is 0.305 e. The van der Waals surface area contributed by atoms with Gasteiger partial charge in [-0.2, -0.15) is 0 Å². The molecule has 0 radical (unpaired) electrons. The average molecular weight is 961 g/mol. The van der Waals surface area contributed by atoms with Crippen molar-refractivity contribution in [3.05, 3.63) is 12.2 Å². The minimum atomic E-state index is -0.668. The van der Waals surface area contributed by atoms with Crippen LogP contribution in [0.5, 0.6) is 0 Å². The van der Waals surface area contributed by atoms with Gasteiger partial charge in [-0.3, -0.25) is 9.59 Å². The Kier molecular flexibility index (Phi) is 57.0. The predicted octanol–water partition coefficient (Wildman–Crippen LogP) is 19.2. The molecule has 0 aromatic rings. The van der Waals surface area contributed by atoms with Crippen LogP contribution in [0.3, 0.4) is 0 Å². The standard InChI is InChI=1S/C62H121NO5/c1-3-5-7-9-11-13-15-17-19-21-22-23-28-32-36-40-44-48-52-56-62(67)68-57-53-49-45-41-37-33-29-25-24-27-31-35-39-43-47-51-55-61(66)63-59(58-64)60(65)54-50-46-42-38-34-30-26-20-18-16-14-12-10-8-6-4-2/h17,19,59-60,64-65H,3-16,18,20-58H2,1-2H3,(H,63,66)/b19-17-. The summed E-state index contributed by atoms with van der Waals surface area (Å²) >= 11 is 0. The summed E-state index contributed by atoms with van der Waals surface area (Å²) in [6, 6.07) is -0.546. The van der Waals surface area contributed by atoms with E-state index in [0.717, 1.165) is 44.9 Å². The summed E-state index contributed by atoms with van der Waals surface area (Å²) in [6.07, 6.45) is 69.2. The van der Waals surface area contributed by atoms with Crippen molar-refractivity contribution in [1.29, 1.82) is 0 Å². The zero-order chi connectivity index (χ0) is 49.3. The van der Waals surface area contributed by atoms with Gasteiger partial charge in [0.05, 0.1) is 25.4 Å². The largest absolute Gasteiger partial charge is 0.466 e. The molecule has 6 nitrogen and oxygen atoms in total. The van der Waals surface area contributed by atoms with E-state index in [1.807, 2.05) is 0 Å². The van der Waals surface area contributed by atoms with E-state index in [0.29, 0.717) is 25.9 Å². The molecule has 0 aromatic heterocycles. The molecule has 2 atom stereocenters. The van der Waals surface area contributed by atoms with Crippen molar-refractivity contribution >= 4 is 11.9 Å². The van der Waals surface area contributed by atoms with Gasteiger partial charge in [0.15, 0.2) is 0 Å². The molecule has 2 unspecified atom stereocenters. The lowest BCUT2D eigenvalue weighted by atomic mass is 10.0. The normalized spacial score (nSPS) is 12.6. The van der Waals surface area contributed by atoms with Gasteiger partial charge >= 0.3 is 5.97 Å². The summed E-state index contributed by atoms with van der Waals surface area (Å²) in [5, 5.41) is 23.3. The number of rotatable bonds is 58. The Hall–Kier alpha value is -1.40. The van der Waals surface area contributed by atoms with E-state index in [2.05, 4.69) is 31.3 Å². The van der Waals surface area contributed by atoms with Crippen LogP contribution in [-0.4, -0.2) is 47.4 Å². The Morgan fingerprint density at radius 1 is 0.397 bits per heavy atom. The molecule has 0 rings (SSSR count). The highest BCUT2D eigenvalue weighted by molar-refractivity contribution is 5.76. The highest BCUT2D eigenvalue weighted by atomic mass is 16.5. The molecule has 0 aliphatic rings. The lowest BCUT2D eigenvalue weighted by Crippen LogP contribution is -2.45. The Balaban J connectivity index is 3.39. The Bertz CT molecular complexity index is 1020. The van der Waals surface area contributed by atoms with Crippen LogP contribution in [0, 0.1) is 0 Å². The number of aliphatic hydroxyl groups is 2. The number of hydrogen-bond acceptors (Lipinski definition) is 5. The third kappa shape index (κ3) is 53.9. The molecule has 0 aromatic carbocycles. The maximum atomic E-state index is 12.5. The average Bonchev–Trinajstić information content (AvgIpc) is 3.34. The van der Waals surface area contributed by atoms with Crippen LogP contribution in [0.25, 0.3) is 0 Å². The molecule has 6 heteroatoms. The quantitative estimate of drug-likeness (QED) is 0.0321. The van der Waals surface area contributed by atoms with Gasteiger partial charge in [-0.15, -0.1) is 0 Å². The zero-order valence-corrected chi connectivity index (χ0v) is 46.1. The van der Waals surface area contributed by atoms with Crippen LogP contribution in [0.1, 0.15) is 348 Å². The van der Waals surface area contributed by atoms with Gasteiger partial charge in [-0.05, 0) is 51.4 Å². The van der Waals surface area contributed by atoms with Crippen molar-refractivity contribution in [3.8, 4) is 0 Å². The van der Waals surface area contributed by atoms with Gasteiger partial charge in [0.2, 0.25) is 5.91 Å². The van der Waals surface area contributed by atoms with E-state index in [-0.39, 0.29) is 18.5 Å². The van der Waals surface area contributed by atoms with E-state index in [1.54, 1.807) is 0 Å². The lowest BCUT2D eigenvalue weighted by molar-refractivity contribution is -0.143. The van der Waals surface area contributed by atoms with Crippen LogP contribution >= 0.6 is 0 Å². The first-order valence-electron chi connectivity index (χ1n) is 30.9. The molecule has 1 amide bonds. The Labute approximate surface area is 425 Å². The first-order chi connectivity index (χ1) is 33.5. The molecular formula is C62H121NO5. The fourth-order valence-corrected chi connectivity index (χ4v) is 9.81. The molecule has 0 aliphatic carbocycles. The molecule has 0 bridgehead atoms. The van der Waals surface area contributed by atoms with Crippen molar-refractivity contribution in [2.24, 2.45) is 0 Å². The van der Waals surface area contributed by atoms with E-state index in [4.69, 9.17) is 4.74 Å².